The Morgan fingerprint density at radius 2 is 1.11 bits per heavy atom. The summed E-state index contributed by atoms with van der Waals surface area (Å²) in [4.78, 5) is 0. The Hall–Kier alpha value is -2.70. The van der Waals surface area contributed by atoms with Gasteiger partial charge in [-0.15, -0.1) is 74.3 Å². The van der Waals surface area contributed by atoms with Gasteiger partial charge in [0.1, 0.15) is 0 Å². The molecule has 0 aliphatic rings. The third-order valence-corrected chi connectivity index (χ3v) is 6.97. The molecule has 0 aromatic heterocycles. The molecule has 0 atom stereocenters. The van der Waals surface area contributed by atoms with Crippen LogP contribution in [0.4, 0.5) is 0 Å². The molecular formula is C35H28Cl2Zr. The van der Waals surface area contributed by atoms with E-state index >= 15 is 0 Å². The maximum atomic E-state index is 2.28. The van der Waals surface area contributed by atoms with E-state index in [0.717, 1.165) is 0 Å². The predicted octanol–water partition coefficient (Wildman–Crippen LogP) is 4.02. The van der Waals surface area contributed by atoms with E-state index in [0.29, 0.717) is 0 Å². The van der Waals surface area contributed by atoms with Gasteiger partial charge in [-0.25, -0.2) is 0 Å². The molecule has 7 aromatic rings. The summed E-state index contributed by atoms with van der Waals surface area (Å²) >= 11 is 0. The molecule has 0 spiro atoms. The Morgan fingerprint density at radius 1 is 0.474 bits per heavy atom. The minimum atomic E-state index is 0. The van der Waals surface area contributed by atoms with E-state index in [1.54, 1.807) is 0 Å². The number of benzene rings is 5. The molecule has 0 radical (unpaired) electrons. The van der Waals surface area contributed by atoms with Gasteiger partial charge in [0.2, 0.25) is 0 Å². The van der Waals surface area contributed by atoms with E-state index in [1.807, 2.05) is 0 Å². The summed E-state index contributed by atoms with van der Waals surface area (Å²) in [5, 5.41) is 10.7. The van der Waals surface area contributed by atoms with Crippen LogP contribution in [0.5, 0.6) is 0 Å². The summed E-state index contributed by atoms with van der Waals surface area (Å²) in [6, 6.07) is 41.9. The zero-order valence-electron chi connectivity index (χ0n) is 21.7. The first-order valence-corrected chi connectivity index (χ1v) is 12.3. The molecule has 0 amide bonds. The summed E-state index contributed by atoms with van der Waals surface area (Å²) in [6.07, 6.45) is 0. The first-order valence-electron chi connectivity index (χ1n) is 12.3. The maximum Gasteiger partial charge on any atom is 4.00 e. The Balaban J connectivity index is 0.000000202. The topological polar surface area (TPSA) is 0 Å². The fraction of sp³-hybridized carbons (Fsp3) is 0.0857. The summed E-state index contributed by atoms with van der Waals surface area (Å²) < 4.78 is 0. The van der Waals surface area contributed by atoms with Crippen LogP contribution < -0.4 is 24.8 Å². The van der Waals surface area contributed by atoms with Crippen molar-refractivity contribution in [3.8, 4) is 11.1 Å². The molecule has 0 heterocycles. The molecule has 7 aromatic carbocycles. The van der Waals surface area contributed by atoms with Crippen molar-refractivity contribution >= 4 is 43.1 Å². The fourth-order valence-corrected chi connectivity index (χ4v) is 5.25. The molecule has 7 rings (SSSR count). The molecule has 0 fully saturated rings. The maximum absolute atomic E-state index is 2.28. The second kappa shape index (κ2) is 12.4. The van der Waals surface area contributed by atoms with Gasteiger partial charge in [-0.2, -0.15) is 6.07 Å². The largest absolute Gasteiger partial charge is 4.00 e. The van der Waals surface area contributed by atoms with E-state index < -0.39 is 0 Å². The average molecular weight is 611 g/mol. The first-order chi connectivity index (χ1) is 17.0. The second-order valence-electron chi connectivity index (χ2n) is 9.73. The van der Waals surface area contributed by atoms with Crippen molar-refractivity contribution in [1.29, 1.82) is 0 Å². The zero-order valence-corrected chi connectivity index (χ0v) is 25.7. The van der Waals surface area contributed by atoms with Gasteiger partial charge >= 0.3 is 26.2 Å². The van der Waals surface area contributed by atoms with E-state index in [4.69, 9.17) is 0 Å². The molecule has 0 aliphatic heterocycles. The summed E-state index contributed by atoms with van der Waals surface area (Å²) in [6.45, 7) is 6.44. The molecular weight excluding hydrogens is 583 g/mol. The van der Waals surface area contributed by atoms with Crippen LogP contribution in [-0.4, -0.2) is 0 Å². The van der Waals surface area contributed by atoms with Crippen LogP contribution in [0.2, 0.25) is 0 Å². The first kappa shape index (κ1) is 29.9. The van der Waals surface area contributed by atoms with Crippen molar-refractivity contribution in [3.05, 3.63) is 132 Å². The van der Waals surface area contributed by atoms with Crippen molar-refractivity contribution < 1.29 is 51.0 Å². The number of hydrogen-bond acceptors (Lipinski definition) is 0. The standard InChI is InChI=1S/C20H15.C15H13.2ClH.Zr/c1-14-11-17-7-4-8-19(20(17)12-14)18-10-9-15-5-2-3-6-16(15)13-18;1-10-3-5-14-12(7-10)9-13-8-11(2)4-6-15(13)14;;;/h2-13H,1H3;3-9H,1-2H3;2*1H;/q2*-1;;;+4/p-2. The molecule has 0 unspecified atom stereocenters. The van der Waals surface area contributed by atoms with Crippen molar-refractivity contribution in [2.24, 2.45) is 0 Å². The van der Waals surface area contributed by atoms with Crippen molar-refractivity contribution in [2.75, 3.05) is 0 Å². The Bertz CT molecular complexity index is 1780. The molecule has 0 N–H and O–H groups in total. The van der Waals surface area contributed by atoms with E-state index in [-0.39, 0.29) is 51.0 Å². The van der Waals surface area contributed by atoms with Crippen LogP contribution in [0.15, 0.2) is 115 Å². The van der Waals surface area contributed by atoms with Crippen LogP contribution in [0, 0.1) is 20.8 Å². The summed E-state index contributed by atoms with van der Waals surface area (Å²) in [5.41, 5.74) is 6.60. The monoisotopic (exact) mass is 608 g/mol. The third kappa shape index (κ3) is 5.82. The molecule has 0 saturated carbocycles. The van der Waals surface area contributed by atoms with Gasteiger partial charge in [0.25, 0.3) is 0 Å². The smallest absolute Gasteiger partial charge is 1.00 e. The summed E-state index contributed by atoms with van der Waals surface area (Å²) in [5.74, 6) is 0. The van der Waals surface area contributed by atoms with Crippen LogP contribution in [-0.2, 0) is 26.2 Å². The molecule has 0 saturated heterocycles. The third-order valence-electron chi connectivity index (χ3n) is 6.97. The van der Waals surface area contributed by atoms with Gasteiger partial charge in [-0.1, -0.05) is 90.3 Å². The van der Waals surface area contributed by atoms with Gasteiger partial charge in [0, 0.05) is 0 Å². The van der Waals surface area contributed by atoms with E-state index in [2.05, 4.69) is 136 Å². The fourth-order valence-electron chi connectivity index (χ4n) is 5.25. The predicted molar refractivity (Wildman–Crippen MR) is 154 cm³/mol. The van der Waals surface area contributed by atoms with Crippen LogP contribution in [0.3, 0.4) is 0 Å². The SMILES string of the molecule is Cc1cc2c(-c3ccc4ccccc4c3)cccc2[cH-]1.Cc1ccc2c(c1)[cH-]c1cc(C)ccc12.[Cl-].[Cl-].[Zr+4]. The van der Waals surface area contributed by atoms with Gasteiger partial charge < -0.3 is 24.8 Å². The van der Waals surface area contributed by atoms with Gasteiger partial charge in [-0.3, -0.25) is 0 Å². The quantitative estimate of drug-likeness (QED) is 0.247. The van der Waals surface area contributed by atoms with Crippen molar-refractivity contribution in [1.82, 2.24) is 0 Å². The normalized spacial score (nSPS) is 10.4. The van der Waals surface area contributed by atoms with E-state index in [9.17, 15) is 0 Å². The molecule has 0 aliphatic carbocycles. The summed E-state index contributed by atoms with van der Waals surface area (Å²) in [7, 11) is 0. The molecule has 186 valence electrons. The molecule has 38 heavy (non-hydrogen) atoms. The van der Waals surface area contributed by atoms with Crippen LogP contribution in [0.1, 0.15) is 16.7 Å². The van der Waals surface area contributed by atoms with Gasteiger partial charge in [0.05, 0.1) is 0 Å². The van der Waals surface area contributed by atoms with Crippen LogP contribution >= 0.6 is 0 Å². The molecule has 3 heteroatoms. The van der Waals surface area contributed by atoms with Crippen LogP contribution in [0.25, 0.3) is 54.2 Å². The number of rotatable bonds is 1. The van der Waals surface area contributed by atoms with Crippen molar-refractivity contribution in [2.45, 2.75) is 20.8 Å². The van der Waals surface area contributed by atoms with Crippen molar-refractivity contribution in [3.63, 3.8) is 0 Å². The minimum absolute atomic E-state index is 0. The Morgan fingerprint density at radius 3 is 1.76 bits per heavy atom. The Labute approximate surface area is 256 Å². The number of fused-ring (bicyclic) bond motifs is 5. The van der Waals surface area contributed by atoms with Gasteiger partial charge in [-0.05, 0) is 36.2 Å². The number of hydrogen-bond donors (Lipinski definition) is 0. The molecule has 0 bridgehead atoms. The number of halogens is 2. The molecule has 0 nitrogen and oxygen atoms in total. The minimum Gasteiger partial charge on any atom is -1.00 e. The van der Waals surface area contributed by atoms with Gasteiger partial charge in [0.15, 0.2) is 0 Å². The zero-order chi connectivity index (χ0) is 23.9. The van der Waals surface area contributed by atoms with E-state index in [1.165, 1.54) is 70.9 Å². The average Bonchev–Trinajstić information content (AvgIpc) is 3.42. The number of aryl methyl sites for hydroxylation is 3. The Kier molecular flexibility index (Phi) is 9.77. The second-order valence-corrected chi connectivity index (χ2v) is 9.73.